The van der Waals surface area contributed by atoms with E-state index in [9.17, 15) is 14.7 Å². The maximum Gasteiger partial charge on any atom is 0.306 e. The predicted molar refractivity (Wildman–Crippen MR) is 196 cm³/mol. The molecule has 5 heteroatoms. The zero-order valence-corrected chi connectivity index (χ0v) is 31.4. The Labute approximate surface area is 287 Å². The van der Waals surface area contributed by atoms with Crippen LogP contribution in [0.5, 0.6) is 0 Å². The van der Waals surface area contributed by atoms with Gasteiger partial charge in [0.05, 0.1) is 6.61 Å². The molecule has 0 aromatic heterocycles. The van der Waals surface area contributed by atoms with Crippen LogP contribution >= 0.6 is 0 Å². The summed E-state index contributed by atoms with van der Waals surface area (Å²) in [5.74, 6) is 1.16. The first-order chi connectivity index (χ1) is 22.4. The highest BCUT2D eigenvalue weighted by atomic mass is 16.6. The van der Waals surface area contributed by atoms with E-state index in [0.29, 0.717) is 12.8 Å². The van der Waals surface area contributed by atoms with Gasteiger partial charge in [0.25, 0.3) is 0 Å². The zero-order chi connectivity index (χ0) is 33.9. The fourth-order valence-electron chi connectivity index (χ4n) is 6.09. The molecule has 2 unspecified atom stereocenters. The van der Waals surface area contributed by atoms with Crippen LogP contribution in [0, 0.1) is 11.8 Å². The van der Waals surface area contributed by atoms with Gasteiger partial charge in [-0.15, -0.1) is 0 Å². The highest BCUT2D eigenvalue weighted by Crippen LogP contribution is 2.17. The van der Waals surface area contributed by atoms with Crippen LogP contribution in [0.4, 0.5) is 0 Å². The molecule has 3 atom stereocenters. The van der Waals surface area contributed by atoms with E-state index in [0.717, 1.165) is 43.9 Å². The van der Waals surface area contributed by atoms with E-state index in [4.69, 9.17) is 9.47 Å². The molecule has 0 spiro atoms. The number of rotatable bonds is 36. The minimum absolute atomic E-state index is 0.0595. The number of esters is 2. The number of hydrogen-bond acceptors (Lipinski definition) is 5. The molecule has 0 heterocycles. The van der Waals surface area contributed by atoms with E-state index in [1.165, 1.54) is 148 Å². The van der Waals surface area contributed by atoms with Gasteiger partial charge >= 0.3 is 11.9 Å². The number of aliphatic hydroxyl groups excluding tert-OH is 1. The summed E-state index contributed by atoms with van der Waals surface area (Å²) in [6, 6.07) is 0. The third-order valence-electron chi connectivity index (χ3n) is 9.98. The van der Waals surface area contributed by atoms with Crippen LogP contribution in [-0.2, 0) is 19.1 Å². The van der Waals surface area contributed by atoms with Gasteiger partial charge in [0.15, 0.2) is 6.10 Å². The van der Waals surface area contributed by atoms with Gasteiger partial charge < -0.3 is 14.6 Å². The molecule has 0 aliphatic rings. The summed E-state index contributed by atoms with van der Waals surface area (Å²) in [5.41, 5.74) is 0. The molecule has 0 radical (unpaired) electrons. The maximum atomic E-state index is 12.1. The molecule has 0 rings (SSSR count). The molecule has 0 saturated heterocycles. The molecule has 0 aliphatic heterocycles. The highest BCUT2D eigenvalue weighted by Gasteiger charge is 2.16. The third-order valence-corrected chi connectivity index (χ3v) is 9.98. The van der Waals surface area contributed by atoms with Crippen molar-refractivity contribution in [3.05, 3.63) is 0 Å². The summed E-state index contributed by atoms with van der Waals surface area (Å²) in [7, 11) is 0. The summed E-state index contributed by atoms with van der Waals surface area (Å²) >= 11 is 0. The average molecular weight is 653 g/mol. The molecule has 0 amide bonds. The fraction of sp³-hybridized carbons (Fsp3) is 0.951. The van der Waals surface area contributed by atoms with Gasteiger partial charge in [0.2, 0.25) is 0 Å². The molecule has 1 N–H and O–H groups in total. The summed E-state index contributed by atoms with van der Waals surface area (Å²) in [6.07, 6.45) is 36.0. The van der Waals surface area contributed by atoms with Crippen LogP contribution in [-0.4, -0.2) is 36.4 Å². The van der Waals surface area contributed by atoms with E-state index in [2.05, 4.69) is 27.7 Å². The SMILES string of the molecule is CCC(C)CCCCCCCCCCCCCCCCCCCCC(=O)OC[C@H](CO)OC(=O)CCCCCCCCC(C)CC. The van der Waals surface area contributed by atoms with E-state index in [1.54, 1.807) is 0 Å². The van der Waals surface area contributed by atoms with Crippen molar-refractivity contribution in [2.24, 2.45) is 11.8 Å². The highest BCUT2D eigenvalue weighted by molar-refractivity contribution is 5.70. The molecule has 0 bridgehead atoms. The number of unbranched alkanes of at least 4 members (excludes halogenated alkanes) is 22. The summed E-state index contributed by atoms with van der Waals surface area (Å²) in [4.78, 5) is 24.2. The summed E-state index contributed by atoms with van der Waals surface area (Å²) < 4.78 is 10.6. The van der Waals surface area contributed by atoms with Gasteiger partial charge in [-0.05, 0) is 24.7 Å². The quantitative estimate of drug-likeness (QED) is 0.0538. The Morgan fingerprint density at radius 3 is 1.11 bits per heavy atom. The van der Waals surface area contributed by atoms with Gasteiger partial charge in [0, 0.05) is 12.8 Å². The number of hydrogen-bond donors (Lipinski definition) is 1. The van der Waals surface area contributed by atoms with Crippen molar-refractivity contribution in [1.29, 1.82) is 0 Å². The molecule has 0 fully saturated rings. The minimum atomic E-state index is -0.763. The monoisotopic (exact) mass is 653 g/mol. The normalized spacial score (nSPS) is 13.4. The average Bonchev–Trinajstić information content (AvgIpc) is 3.06. The van der Waals surface area contributed by atoms with Gasteiger partial charge in [-0.25, -0.2) is 0 Å². The van der Waals surface area contributed by atoms with Crippen molar-refractivity contribution in [3.63, 3.8) is 0 Å². The van der Waals surface area contributed by atoms with E-state index in [-0.39, 0.29) is 25.2 Å². The van der Waals surface area contributed by atoms with Crippen molar-refractivity contribution < 1.29 is 24.2 Å². The first-order valence-corrected chi connectivity index (χ1v) is 20.4. The van der Waals surface area contributed by atoms with Crippen molar-refractivity contribution >= 4 is 11.9 Å². The van der Waals surface area contributed by atoms with Gasteiger partial charge in [-0.1, -0.05) is 195 Å². The first-order valence-electron chi connectivity index (χ1n) is 20.4. The molecule has 46 heavy (non-hydrogen) atoms. The molecule has 0 aromatic rings. The van der Waals surface area contributed by atoms with Crippen molar-refractivity contribution in [1.82, 2.24) is 0 Å². The molecular formula is C41H80O5. The number of carbonyl (C=O) groups is 2. The maximum absolute atomic E-state index is 12.1. The topological polar surface area (TPSA) is 72.8 Å². The largest absolute Gasteiger partial charge is 0.462 e. The Morgan fingerprint density at radius 1 is 0.478 bits per heavy atom. The van der Waals surface area contributed by atoms with Crippen LogP contribution in [0.3, 0.4) is 0 Å². The van der Waals surface area contributed by atoms with E-state index in [1.807, 2.05) is 0 Å². The van der Waals surface area contributed by atoms with Crippen molar-refractivity contribution in [3.8, 4) is 0 Å². The minimum Gasteiger partial charge on any atom is -0.462 e. The molecule has 0 aliphatic carbocycles. The molecule has 0 aromatic carbocycles. The standard InChI is InChI=1S/C41H80O5/c1-5-37(3)31-27-23-19-17-15-13-11-9-7-8-10-12-14-16-18-20-25-29-33-40(43)45-36-39(35-42)46-41(44)34-30-26-22-21-24-28-32-38(4)6-2/h37-39,42H,5-36H2,1-4H3/t37?,38?,39-/m0/s1. The number of ether oxygens (including phenoxy) is 2. The molecular weight excluding hydrogens is 572 g/mol. The second kappa shape index (κ2) is 35.2. The van der Waals surface area contributed by atoms with Gasteiger partial charge in [-0.2, -0.15) is 0 Å². The third kappa shape index (κ3) is 32.8. The Bertz CT molecular complexity index is 651. The summed E-state index contributed by atoms with van der Waals surface area (Å²) in [6.45, 7) is 8.87. The first kappa shape index (κ1) is 44.9. The predicted octanol–water partition coefficient (Wildman–Crippen LogP) is 12.4. The molecule has 5 nitrogen and oxygen atoms in total. The van der Waals surface area contributed by atoms with E-state index < -0.39 is 6.10 Å². The second-order valence-electron chi connectivity index (χ2n) is 14.6. The van der Waals surface area contributed by atoms with Crippen LogP contribution in [0.2, 0.25) is 0 Å². The number of aliphatic hydroxyl groups is 1. The number of carbonyl (C=O) groups excluding carboxylic acids is 2. The van der Waals surface area contributed by atoms with Crippen molar-refractivity contribution in [2.45, 2.75) is 226 Å². The lowest BCUT2D eigenvalue weighted by Crippen LogP contribution is -2.28. The van der Waals surface area contributed by atoms with Crippen LogP contribution in [0.15, 0.2) is 0 Å². The van der Waals surface area contributed by atoms with Gasteiger partial charge in [0.1, 0.15) is 6.61 Å². The Kier molecular flexibility index (Phi) is 34.4. The van der Waals surface area contributed by atoms with Crippen LogP contribution < -0.4 is 0 Å². The van der Waals surface area contributed by atoms with Crippen molar-refractivity contribution in [2.75, 3.05) is 13.2 Å². The van der Waals surface area contributed by atoms with Gasteiger partial charge in [-0.3, -0.25) is 9.59 Å². The van der Waals surface area contributed by atoms with Crippen LogP contribution in [0.25, 0.3) is 0 Å². The molecule has 274 valence electrons. The smallest absolute Gasteiger partial charge is 0.306 e. The molecule has 0 saturated carbocycles. The Balaban J connectivity index is 3.46. The van der Waals surface area contributed by atoms with Crippen LogP contribution in [0.1, 0.15) is 220 Å². The Hall–Kier alpha value is -1.10. The summed E-state index contributed by atoms with van der Waals surface area (Å²) in [5, 5.41) is 9.53. The fourth-order valence-corrected chi connectivity index (χ4v) is 6.09. The Morgan fingerprint density at radius 2 is 0.783 bits per heavy atom. The lowest BCUT2D eigenvalue weighted by Gasteiger charge is -2.15. The zero-order valence-electron chi connectivity index (χ0n) is 31.4. The lowest BCUT2D eigenvalue weighted by molar-refractivity contribution is -0.161. The van der Waals surface area contributed by atoms with E-state index >= 15 is 0 Å². The second-order valence-corrected chi connectivity index (χ2v) is 14.6. The lowest BCUT2D eigenvalue weighted by atomic mass is 9.99.